The number of likely N-dealkylation sites (tertiary alicyclic amines) is 2. The van der Waals surface area contributed by atoms with E-state index in [4.69, 9.17) is 5.26 Å². The molecule has 0 spiro atoms. The maximum absolute atomic E-state index is 12.6. The summed E-state index contributed by atoms with van der Waals surface area (Å²) in [5.41, 5.74) is 1.17. The third-order valence-electron chi connectivity index (χ3n) is 5.00. The number of amides is 2. The van der Waals surface area contributed by atoms with Gasteiger partial charge in [-0.15, -0.1) is 0 Å². The van der Waals surface area contributed by atoms with Crippen molar-refractivity contribution in [2.24, 2.45) is 17.8 Å². The zero-order valence-electron chi connectivity index (χ0n) is 14.0. The molecule has 2 amide bonds. The van der Waals surface area contributed by atoms with E-state index in [1.807, 2.05) is 36.4 Å². The number of fused-ring (bicyclic) bond motifs is 1. The molecule has 2 fully saturated rings. The fourth-order valence-electron chi connectivity index (χ4n) is 3.70. The van der Waals surface area contributed by atoms with Crippen LogP contribution >= 0.6 is 0 Å². The molecule has 0 aromatic heterocycles. The predicted octanol–water partition coefficient (Wildman–Crippen LogP) is 1.55. The van der Waals surface area contributed by atoms with E-state index in [9.17, 15) is 14.9 Å². The molecule has 3 rings (SSSR count). The number of nitriles is 2. The van der Waals surface area contributed by atoms with E-state index in [1.54, 1.807) is 0 Å². The summed E-state index contributed by atoms with van der Waals surface area (Å²) < 4.78 is 0. The molecular weight excluding hydrogens is 316 g/mol. The molecule has 0 aliphatic carbocycles. The highest BCUT2D eigenvalue weighted by Gasteiger charge is 2.52. The van der Waals surface area contributed by atoms with Gasteiger partial charge in [0.05, 0.1) is 29.9 Å². The lowest BCUT2D eigenvalue weighted by molar-refractivity contribution is -0.141. The molecule has 0 unspecified atom stereocenters. The second-order valence-corrected chi connectivity index (χ2v) is 6.70. The zero-order valence-corrected chi connectivity index (χ0v) is 14.0. The van der Waals surface area contributed by atoms with Crippen LogP contribution in [0.4, 0.5) is 0 Å². The summed E-state index contributed by atoms with van der Waals surface area (Å²) in [6.07, 6.45) is 0.645. The minimum absolute atomic E-state index is 0.113. The van der Waals surface area contributed by atoms with Crippen molar-refractivity contribution in [1.29, 1.82) is 10.5 Å². The first-order valence-electron chi connectivity index (χ1n) is 8.52. The van der Waals surface area contributed by atoms with Crippen molar-refractivity contribution in [2.75, 3.05) is 19.6 Å². The van der Waals surface area contributed by atoms with Crippen molar-refractivity contribution >= 4 is 11.8 Å². The normalized spacial score (nSPS) is 24.0. The topological polar surface area (TPSA) is 88.2 Å². The predicted molar refractivity (Wildman–Crippen MR) is 89.4 cm³/mol. The lowest BCUT2D eigenvalue weighted by Gasteiger charge is -2.22. The summed E-state index contributed by atoms with van der Waals surface area (Å²) in [4.78, 5) is 28.6. The number of hydrogen-bond acceptors (Lipinski definition) is 5. The number of carbonyl (C=O) groups is 2. The van der Waals surface area contributed by atoms with Gasteiger partial charge in [0.15, 0.2) is 0 Å². The van der Waals surface area contributed by atoms with Gasteiger partial charge in [-0.1, -0.05) is 30.3 Å². The van der Waals surface area contributed by atoms with E-state index >= 15 is 0 Å². The zero-order chi connectivity index (χ0) is 17.8. The molecule has 0 bridgehead atoms. The van der Waals surface area contributed by atoms with Crippen LogP contribution in [0.1, 0.15) is 18.4 Å². The molecule has 0 radical (unpaired) electrons. The van der Waals surface area contributed by atoms with Crippen LogP contribution in [0.3, 0.4) is 0 Å². The Balaban J connectivity index is 1.62. The summed E-state index contributed by atoms with van der Waals surface area (Å²) in [6, 6.07) is 14.1. The van der Waals surface area contributed by atoms with Gasteiger partial charge in [-0.3, -0.25) is 19.4 Å². The third-order valence-corrected chi connectivity index (χ3v) is 5.00. The number of nitrogens with zero attached hydrogens (tertiary/aromatic N) is 4. The van der Waals surface area contributed by atoms with Crippen LogP contribution < -0.4 is 0 Å². The number of benzene rings is 1. The van der Waals surface area contributed by atoms with E-state index in [0.29, 0.717) is 19.5 Å². The largest absolute Gasteiger partial charge is 0.297 e. The molecule has 2 aliphatic rings. The van der Waals surface area contributed by atoms with Crippen molar-refractivity contribution in [2.45, 2.75) is 19.4 Å². The van der Waals surface area contributed by atoms with Crippen LogP contribution in [0.25, 0.3) is 0 Å². The molecule has 3 atom stereocenters. The molecular formula is C19H20N4O2. The summed E-state index contributed by atoms with van der Waals surface area (Å²) in [5.74, 6) is -1.39. The minimum Gasteiger partial charge on any atom is -0.297 e. The fraction of sp³-hybridized carbons (Fsp3) is 0.474. The first-order valence-corrected chi connectivity index (χ1v) is 8.52. The molecule has 1 aromatic carbocycles. The van der Waals surface area contributed by atoms with Gasteiger partial charge in [0.1, 0.15) is 0 Å². The standard InChI is InChI=1S/C19H20N4O2/c20-8-4-7-15(9-21)11-23-18(24)16-12-22(13-17(16)19(23)25)10-14-5-2-1-3-6-14/h1-3,5-6,15-17H,4,7,10-13H2/t15-,16-,17-/m1/s1. The maximum atomic E-state index is 12.6. The number of carbonyl (C=O) groups excluding carboxylic acids is 2. The number of hydrogen-bond donors (Lipinski definition) is 0. The Labute approximate surface area is 147 Å². The van der Waals surface area contributed by atoms with Gasteiger partial charge in [-0.05, 0) is 12.0 Å². The summed E-state index contributed by atoms with van der Waals surface area (Å²) in [6.45, 7) is 2.00. The smallest absolute Gasteiger partial charge is 0.234 e. The third kappa shape index (κ3) is 3.55. The van der Waals surface area contributed by atoms with Crippen LogP contribution in [-0.4, -0.2) is 41.2 Å². The second kappa shape index (κ2) is 7.46. The van der Waals surface area contributed by atoms with Gasteiger partial charge < -0.3 is 0 Å². The molecule has 6 heteroatoms. The Morgan fingerprint density at radius 3 is 2.28 bits per heavy atom. The average molecular weight is 336 g/mol. The van der Waals surface area contributed by atoms with E-state index in [0.717, 1.165) is 6.54 Å². The van der Waals surface area contributed by atoms with Crippen molar-refractivity contribution in [3.05, 3.63) is 35.9 Å². The van der Waals surface area contributed by atoms with Crippen LogP contribution in [0, 0.1) is 40.4 Å². The van der Waals surface area contributed by atoms with E-state index < -0.39 is 5.92 Å². The fourth-order valence-corrected chi connectivity index (χ4v) is 3.70. The Hall–Kier alpha value is -2.70. The molecule has 1 aromatic rings. The Morgan fingerprint density at radius 1 is 1.08 bits per heavy atom. The molecule has 2 heterocycles. The number of imide groups is 1. The molecule has 2 aliphatic heterocycles. The molecule has 2 saturated heterocycles. The Bertz CT molecular complexity index is 710. The maximum Gasteiger partial charge on any atom is 0.234 e. The molecule has 6 nitrogen and oxygen atoms in total. The van der Waals surface area contributed by atoms with Crippen LogP contribution in [0.5, 0.6) is 0 Å². The molecule has 0 saturated carbocycles. The summed E-state index contributed by atoms with van der Waals surface area (Å²) in [7, 11) is 0. The van der Waals surface area contributed by atoms with Gasteiger partial charge in [-0.2, -0.15) is 10.5 Å². The minimum atomic E-state index is -0.466. The first kappa shape index (κ1) is 17.1. The van der Waals surface area contributed by atoms with E-state index in [2.05, 4.69) is 11.0 Å². The lowest BCUT2D eigenvalue weighted by Crippen LogP contribution is -2.38. The van der Waals surface area contributed by atoms with Gasteiger partial charge in [0, 0.05) is 32.6 Å². The van der Waals surface area contributed by atoms with E-state index in [-0.39, 0.29) is 36.6 Å². The van der Waals surface area contributed by atoms with E-state index in [1.165, 1.54) is 10.5 Å². The van der Waals surface area contributed by atoms with Crippen molar-refractivity contribution in [3.8, 4) is 12.1 Å². The van der Waals surface area contributed by atoms with Gasteiger partial charge in [-0.25, -0.2) is 0 Å². The van der Waals surface area contributed by atoms with Crippen molar-refractivity contribution in [1.82, 2.24) is 9.80 Å². The lowest BCUT2D eigenvalue weighted by atomic mass is 10.00. The first-order chi connectivity index (χ1) is 12.1. The van der Waals surface area contributed by atoms with Crippen molar-refractivity contribution in [3.63, 3.8) is 0 Å². The van der Waals surface area contributed by atoms with Crippen LogP contribution in [0.15, 0.2) is 30.3 Å². The van der Waals surface area contributed by atoms with Gasteiger partial charge in [0.2, 0.25) is 11.8 Å². The quantitative estimate of drug-likeness (QED) is 0.735. The second-order valence-electron chi connectivity index (χ2n) is 6.70. The highest BCUT2D eigenvalue weighted by molar-refractivity contribution is 6.05. The highest BCUT2D eigenvalue weighted by Crippen LogP contribution is 2.34. The van der Waals surface area contributed by atoms with Crippen LogP contribution in [-0.2, 0) is 16.1 Å². The van der Waals surface area contributed by atoms with Gasteiger partial charge >= 0.3 is 0 Å². The monoisotopic (exact) mass is 336 g/mol. The molecule has 25 heavy (non-hydrogen) atoms. The summed E-state index contributed by atoms with van der Waals surface area (Å²) >= 11 is 0. The highest BCUT2D eigenvalue weighted by atomic mass is 16.2. The Kier molecular flexibility index (Phi) is 5.11. The SMILES string of the molecule is N#CCC[C@H](C#N)CN1C(=O)[C@@H]2CN(Cc3ccccc3)C[C@H]2C1=O. The number of rotatable bonds is 6. The molecule has 128 valence electrons. The molecule has 0 N–H and O–H groups in total. The van der Waals surface area contributed by atoms with Crippen LogP contribution in [0.2, 0.25) is 0 Å². The van der Waals surface area contributed by atoms with Gasteiger partial charge in [0.25, 0.3) is 0 Å². The average Bonchev–Trinajstić information content (AvgIpc) is 3.13. The summed E-state index contributed by atoms with van der Waals surface area (Å²) in [5, 5.41) is 17.8. The van der Waals surface area contributed by atoms with Crippen molar-refractivity contribution < 1.29 is 9.59 Å². The Morgan fingerprint density at radius 2 is 1.72 bits per heavy atom.